The van der Waals surface area contributed by atoms with Crippen molar-refractivity contribution in [2.75, 3.05) is 14.2 Å². The van der Waals surface area contributed by atoms with E-state index in [0.29, 0.717) is 21.7 Å². The number of halogens is 1. The zero-order valence-electron chi connectivity index (χ0n) is 16.5. The van der Waals surface area contributed by atoms with Crippen LogP contribution in [0, 0.1) is 0 Å². The summed E-state index contributed by atoms with van der Waals surface area (Å²) in [6, 6.07) is 16.8. The second-order valence-electron chi connectivity index (χ2n) is 6.67. The fraction of sp³-hybridized carbons (Fsp3) is 0.217. The third kappa shape index (κ3) is 4.35. The summed E-state index contributed by atoms with van der Waals surface area (Å²) in [5.41, 5.74) is 2.41. The maximum absolute atomic E-state index is 12.7. The second kappa shape index (κ2) is 8.97. The van der Waals surface area contributed by atoms with Crippen molar-refractivity contribution >= 4 is 23.5 Å². The summed E-state index contributed by atoms with van der Waals surface area (Å²) in [5.74, 6) is -1.68. The normalized spacial score (nSPS) is 15.2. The molecular formula is C23H22ClNO4. The van der Waals surface area contributed by atoms with Crippen LogP contribution in [0.15, 0.2) is 78.1 Å². The van der Waals surface area contributed by atoms with Crippen molar-refractivity contribution < 1.29 is 19.1 Å². The van der Waals surface area contributed by atoms with Crippen molar-refractivity contribution in [2.45, 2.75) is 18.9 Å². The van der Waals surface area contributed by atoms with Crippen LogP contribution in [0.1, 0.15) is 30.0 Å². The number of methoxy groups -OCH3 is 2. The van der Waals surface area contributed by atoms with Gasteiger partial charge >= 0.3 is 11.9 Å². The molecule has 0 fully saturated rings. The van der Waals surface area contributed by atoms with Crippen LogP contribution in [0.5, 0.6) is 0 Å². The van der Waals surface area contributed by atoms with E-state index in [9.17, 15) is 9.59 Å². The summed E-state index contributed by atoms with van der Waals surface area (Å²) in [7, 11) is 2.64. The minimum Gasteiger partial charge on any atom is -0.466 e. The molecule has 0 N–H and O–H groups in total. The van der Waals surface area contributed by atoms with Crippen LogP contribution in [0.3, 0.4) is 0 Å². The number of hydrogen-bond donors (Lipinski definition) is 0. The molecule has 0 amide bonds. The smallest absolute Gasteiger partial charge is 0.336 e. The van der Waals surface area contributed by atoms with Gasteiger partial charge in [0.05, 0.1) is 37.3 Å². The molecule has 0 bridgehead atoms. The van der Waals surface area contributed by atoms with Gasteiger partial charge in [0.2, 0.25) is 0 Å². The predicted molar refractivity (Wildman–Crippen MR) is 111 cm³/mol. The lowest BCUT2D eigenvalue weighted by Crippen LogP contribution is -2.30. The molecule has 0 saturated carbocycles. The molecule has 0 radical (unpaired) electrons. The van der Waals surface area contributed by atoms with Crippen molar-refractivity contribution in [3.05, 3.63) is 94.3 Å². The molecule has 29 heavy (non-hydrogen) atoms. The van der Waals surface area contributed by atoms with Crippen LogP contribution >= 0.6 is 11.6 Å². The number of rotatable bonds is 5. The van der Waals surface area contributed by atoms with E-state index in [2.05, 4.69) is 0 Å². The molecule has 0 aliphatic carbocycles. The molecule has 0 spiro atoms. The first-order valence-corrected chi connectivity index (χ1v) is 9.52. The molecule has 150 valence electrons. The van der Waals surface area contributed by atoms with Crippen molar-refractivity contribution in [1.29, 1.82) is 0 Å². The minimum absolute atomic E-state index is 0.115. The molecule has 2 aromatic carbocycles. The van der Waals surface area contributed by atoms with Gasteiger partial charge in [0.25, 0.3) is 0 Å². The van der Waals surface area contributed by atoms with Gasteiger partial charge in [0.1, 0.15) is 0 Å². The summed E-state index contributed by atoms with van der Waals surface area (Å²) in [6.45, 7) is 1.99. The summed E-state index contributed by atoms with van der Waals surface area (Å²) in [6.07, 6.45) is 3.45. The topological polar surface area (TPSA) is 55.8 Å². The van der Waals surface area contributed by atoms with Gasteiger partial charge in [-0.3, -0.25) is 0 Å². The average Bonchev–Trinajstić information content (AvgIpc) is 2.77. The minimum atomic E-state index is -0.646. The highest BCUT2D eigenvalue weighted by atomic mass is 35.5. The molecule has 6 heteroatoms. The zero-order chi connectivity index (χ0) is 21.0. The number of esters is 2. The van der Waals surface area contributed by atoms with Gasteiger partial charge in [0.15, 0.2) is 0 Å². The number of nitrogens with zero attached hydrogens (tertiary/aromatic N) is 1. The number of ether oxygens (including phenoxy) is 2. The highest BCUT2D eigenvalue weighted by Crippen LogP contribution is 2.39. The van der Waals surface area contributed by atoms with Crippen molar-refractivity contribution in [3.63, 3.8) is 0 Å². The number of carbonyl (C=O) groups is 2. The van der Waals surface area contributed by atoms with Crippen molar-refractivity contribution in [1.82, 2.24) is 4.90 Å². The molecule has 0 unspecified atom stereocenters. The Morgan fingerprint density at radius 1 is 0.931 bits per heavy atom. The van der Waals surface area contributed by atoms with Gasteiger partial charge in [-0.25, -0.2) is 9.59 Å². The monoisotopic (exact) mass is 411 g/mol. The van der Waals surface area contributed by atoms with Crippen LogP contribution in [-0.2, 0) is 19.1 Å². The third-order valence-electron chi connectivity index (χ3n) is 4.95. The van der Waals surface area contributed by atoms with E-state index in [-0.39, 0.29) is 6.04 Å². The Bertz CT molecular complexity index is 934. The van der Waals surface area contributed by atoms with E-state index >= 15 is 0 Å². The van der Waals surface area contributed by atoms with Gasteiger partial charge in [-0.2, -0.15) is 0 Å². The zero-order valence-corrected chi connectivity index (χ0v) is 17.2. The van der Waals surface area contributed by atoms with Crippen LogP contribution in [0.2, 0.25) is 5.02 Å². The molecule has 2 aromatic rings. The summed E-state index contributed by atoms with van der Waals surface area (Å²) < 4.78 is 10.0. The quantitative estimate of drug-likeness (QED) is 0.672. The van der Waals surface area contributed by atoms with Gasteiger partial charge in [-0.15, -0.1) is 0 Å². The van der Waals surface area contributed by atoms with Crippen LogP contribution < -0.4 is 0 Å². The molecule has 0 aromatic heterocycles. The maximum atomic E-state index is 12.7. The standard InChI is InChI=1S/C23H22ClNO4/c1-15(16-8-5-4-6-9-16)25-13-19(22(26)28-2)21(20(14-25)23(27)29-3)17-10-7-11-18(24)12-17/h4-15,21H,1-3H3/t15-/m1/s1. The summed E-state index contributed by atoms with van der Waals surface area (Å²) >= 11 is 6.16. The molecule has 1 aliphatic rings. The lowest BCUT2D eigenvalue weighted by Gasteiger charge is -2.33. The summed E-state index contributed by atoms with van der Waals surface area (Å²) in [5, 5.41) is 0.510. The first-order valence-electron chi connectivity index (χ1n) is 9.14. The Balaban J connectivity index is 2.14. The fourth-order valence-corrected chi connectivity index (χ4v) is 3.62. The Hall–Kier alpha value is -3.05. The van der Waals surface area contributed by atoms with Gasteiger partial charge in [-0.05, 0) is 30.2 Å². The van der Waals surface area contributed by atoms with Gasteiger partial charge < -0.3 is 14.4 Å². The molecule has 1 atom stereocenters. The second-order valence-corrected chi connectivity index (χ2v) is 7.11. The Morgan fingerprint density at radius 3 is 2.03 bits per heavy atom. The lowest BCUT2D eigenvalue weighted by molar-refractivity contribution is -0.137. The average molecular weight is 412 g/mol. The Morgan fingerprint density at radius 2 is 1.52 bits per heavy atom. The van der Waals surface area contributed by atoms with E-state index in [0.717, 1.165) is 5.56 Å². The lowest BCUT2D eigenvalue weighted by atomic mass is 9.83. The highest BCUT2D eigenvalue weighted by Gasteiger charge is 2.36. The SMILES string of the molecule is COC(=O)C1=CN([C@H](C)c2ccccc2)C=C(C(=O)OC)C1c1cccc(Cl)c1. The third-order valence-corrected chi connectivity index (χ3v) is 5.19. The predicted octanol–water partition coefficient (Wildman–Crippen LogP) is 4.61. The van der Waals surface area contributed by atoms with E-state index in [1.165, 1.54) is 14.2 Å². The molecule has 1 aliphatic heterocycles. The highest BCUT2D eigenvalue weighted by molar-refractivity contribution is 6.30. The van der Waals surface area contributed by atoms with Gasteiger partial charge in [0, 0.05) is 17.4 Å². The number of carbonyl (C=O) groups excluding carboxylic acids is 2. The maximum Gasteiger partial charge on any atom is 0.336 e. The fourth-order valence-electron chi connectivity index (χ4n) is 3.42. The molecule has 1 heterocycles. The van der Waals surface area contributed by atoms with Crippen LogP contribution in [0.25, 0.3) is 0 Å². The van der Waals surface area contributed by atoms with E-state index in [1.807, 2.05) is 48.2 Å². The van der Waals surface area contributed by atoms with E-state index < -0.39 is 17.9 Å². The van der Waals surface area contributed by atoms with Crippen LogP contribution in [0.4, 0.5) is 0 Å². The van der Waals surface area contributed by atoms with Crippen molar-refractivity contribution in [2.24, 2.45) is 0 Å². The van der Waals surface area contributed by atoms with E-state index in [4.69, 9.17) is 21.1 Å². The Labute approximate surface area is 175 Å². The first kappa shape index (κ1) is 20.7. The number of benzene rings is 2. The van der Waals surface area contributed by atoms with Gasteiger partial charge in [-0.1, -0.05) is 54.1 Å². The number of hydrogen-bond acceptors (Lipinski definition) is 5. The summed E-state index contributed by atoms with van der Waals surface area (Å²) in [4.78, 5) is 27.2. The van der Waals surface area contributed by atoms with E-state index in [1.54, 1.807) is 30.6 Å². The molecule has 0 saturated heterocycles. The molecule has 5 nitrogen and oxygen atoms in total. The molecule has 3 rings (SSSR count). The van der Waals surface area contributed by atoms with Crippen LogP contribution in [-0.4, -0.2) is 31.1 Å². The van der Waals surface area contributed by atoms with Crippen molar-refractivity contribution in [3.8, 4) is 0 Å². The largest absolute Gasteiger partial charge is 0.466 e. The first-order chi connectivity index (χ1) is 14.0. The Kier molecular flexibility index (Phi) is 6.39. The molecular weight excluding hydrogens is 390 g/mol.